The highest BCUT2D eigenvalue weighted by molar-refractivity contribution is 5.16. The molecule has 20 heavy (non-hydrogen) atoms. The molecule has 112 valence electrons. The Morgan fingerprint density at radius 1 is 0.900 bits per heavy atom. The molecule has 5 aliphatic carbocycles. The zero-order valence-electron chi connectivity index (χ0n) is 13.1. The molecule has 0 saturated heterocycles. The lowest BCUT2D eigenvalue weighted by Gasteiger charge is -2.43. The lowest BCUT2D eigenvalue weighted by Crippen LogP contribution is -2.41. The van der Waals surface area contributed by atoms with Crippen molar-refractivity contribution in [3.8, 4) is 0 Å². The highest BCUT2D eigenvalue weighted by atomic mass is 16.5. The van der Waals surface area contributed by atoms with E-state index in [1.165, 1.54) is 19.3 Å². The van der Waals surface area contributed by atoms with Crippen molar-refractivity contribution < 1.29 is 4.74 Å². The lowest BCUT2D eigenvalue weighted by molar-refractivity contribution is -0.0730. The Morgan fingerprint density at radius 2 is 1.65 bits per heavy atom. The van der Waals surface area contributed by atoms with Gasteiger partial charge >= 0.3 is 0 Å². The third kappa shape index (κ3) is 1.44. The molecule has 0 spiro atoms. The molecular weight excluding hydrogens is 244 g/mol. The minimum Gasteiger partial charge on any atom is -0.375 e. The molecule has 0 radical (unpaired) electrons. The van der Waals surface area contributed by atoms with Crippen LogP contribution in [0.15, 0.2) is 0 Å². The van der Waals surface area contributed by atoms with E-state index in [9.17, 15) is 0 Å². The fourth-order valence-electron chi connectivity index (χ4n) is 7.81. The molecule has 0 aliphatic heterocycles. The molecule has 5 saturated carbocycles. The Kier molecular flexibility index (Phi) is 2.65. The molecule has 0 aromatic rings. The monoisotopic (exact) mass is 274 g/mol. The topological polar surface area (TPSA) is 9.23 Å². The van der Waals surface area contributed by atoms with Crippen molar-refractivity contribution in [2.45, 2.75) is 71.0 Å². The van der Waals surface area contributed by atoms with Crippen molar-refractivity contribution in [1.29, 1.82) is 0 Å². The predicted octanol–water partition coefficient (Wildman–Crippen LogP) is 4.51. The zero-order chi connectivity index (χ0) is 13.4. The van der Waals surface area contributed by atoms with Gasteiger partial charge in [-0.2, -0.15) is 0 Å². The number of hydrogen-bond donors (Lipinski definition) is 0. The van der Waals surface area contributed by atoms with Crippen molar-refractivity contribution in [2.75, 3.05) is 0 Å². The standard InChI is InChI=1S/C19H30O/c1-3-10(2)20-17-8-11-7-16(17)19-15-9-14(18(11)19)12-5-4-6-13(12)15/h10-19H,3-9H2,1-2H3. The summed E-state index contributed by atoms with van der Waals surface area (Å²) in [5.41, 5.74) is 0. The van der Waals surface area contributed by atoms with Crippen LogP contribution in [0.5, 0.6) is 0 Å². The Balaban J connectivity index is 1.39. The molecule has 5 rings (SSSR count). The third-order valence-corrected chi connectivity index (χ3v) is 8.31. The van der Waals surface area contributed by atoms with Gasteiger partial charge in [-0.1, -0.05) is 13.3 Å². The Bertz CT molecular complexity index is 405. The molecule has 0 aromatic carbocycles. The Hall–Kier alpha value is -0.0400. The second-order valence-corrected chi connectivity index (χ2v) is 8.77. The van der Waals surface area contributed by atoms with E-state index in [-0.39, 0.29) is 0 Å². The van der Waals surface area contributed by atoms with Gasteiger partial charge in [0.2, 0.25) is 0 Å². The zero-order valence-corrected chi connectivity index (χ0v) is 13.1. The number of ether oxygens (including phenoxy) is 1. The molecule has 10 atom stereocenters. The van der Waals surface area contributed by atoms with Crippen LogP contribution in [0, 0.1) is 47.3 Å². The Labute approximate surface area is 123 Å². The minimum atomic E-state index is 0.482. The normalized spacial score (nSPS) is 60.0. The average Bonchev–Trinajstić information content (AvgIpc) is 3.19. The third-order valence-electron chi connectivity index (χ3n) is 8.31. The molecule has 5 aliphatic rings. The largest absolute Gasteiger partial charge is 0.375 e. The van der Waals surface area contributed by atoms with E-state index in [0.717, 1.165) is 47.3 Å². The van der Waals surface area contributed by atoms with Gasteiger partial charge in [0, 0.05) is 0 Å². The van der Waals surface area contributed by atoms with Crippen LogP contribution in [0.25, 0.3) is 0 Å². The van der Waals surface area contributed by atoms with Crippen LogP contribution in [0.4, 0.5) is 0 Å². The summed E-state index contributed by atoms with van der Waals surface area (Å²) < 4.78 is 6.42. The van der Waals surface area contributed by atoms with Gasteiger partial charge < -0.3 is 4.74 Å². The van der Waals surface area contributed by atoms with Crippen molar-refractivity contribution >= 4 is 0 Å². The maximum atomic E-state index is 6.42. The predicted molar refractivity (Wildman–Crippen MR) is 80.2 cm³/mol. The van der Waals surface area contributed by atoms with Crippen LogP contribution in [0.3, 0.4) is 0 Å². The van der Waals surface area contributed by atoms with Gasteiger partial charge in [0.1, 0.15) is 0 Å². The van der Waals surface area contributed by atoms with Crippen LogP contribution in [0.1, 0.15) is 58.8 Å². The van der Waals surface area contributed by atoms with Gasteiger partial charge in [-0.25, -0.2) is 0 Å². The van der Waals surface area contributed by atoms with Crippen molar-refractivity contribution in [2.24, 2.45) is 47.3 Å². The van der Waals surface area contributed by atoms with Gasteiger partial charge in [-0.15, -0.1) is 0 Å². The van der Waals surface area contributed by atoms with Crippen LogP contribution in [-0.2, 0) is 4.74 Å². The van der Waals surface area contributed by atoms with Gasteiger partial charge in [0.05, 0.1) is 12.2 Å². The maximum Gasteiger partial charge on any atom is 0.0612 e. The van der Waals surface area contributed by atoms with E-state index in [1.807, 2.05) is 0 Å². The van der Waals surface area contributed by atoms with E-state index in [2.05, 4.69) is 13.8 Å². The highest BCUT2D eigenvalue weighted by Gasteiger charge is 2.67. The molecule has 0 N–H and O–H groups in total. The molecule has 0 amide bonds. The van der Waals surface area contributed by atoms with Crippen molar-refractivity contribution in [3.05, 3.63) is 0 Å². The van der Waals surface area contributed by atoms with Gasteiger partial charge in [0.25, 0.3) is 0 Å². The van der Waals surface area contributed by atoms with Gasteiger partial charge in [-0.3, -0.25) is 0 Å². The second kappa shape index (κ2) is 4.24. The first kappa shape index (κ1) is 12.5. The first-order valence-corrected chi connectivity index (χ1v) is 9.43. The quantitative estimate of drug-likeness (QED) is 0.688. The molecule has 1 heteroatoms. The van der Waals surface area contributed by atoms with E-state index in [1.54, 1.807) is 25.7 Å². The average molecular weight is 274 g/mol. The van der Waals surface area contributed by atoms with E-state index in [4.69, 9.17) is 4.74 Å². The summed E-state index contributed by atoms with van der Waals surface area (Å²) in [6.45, 7) is 4.54. The highest BCUT2D eigenvalue weighted by Crippen LogP contribution is 2.73. The summed E-state index contributed by atoms with van der Waals surface area (Å²) in [6, 6.07) is 0. The molecule has 0 heterocycles. The molecule has 10 unspecified atom stereocenters. The first-order chi connectivity index (χ1) is 9.78. The van der Waals surface area contributed by atoms with E-state index >= 15 is 0 Å². The van der Waals surface area contributed by atoms with Gasteiger partial charge in [0.15, 0.2) is 0 Å². The molecule has 1 nitrogen and oxygen atoms in total. The molecule has 5 fully saturated rings. The van der Waals surface area contributed by atoms with Crippen LogP contribution in [0.2, 0.25) is 0 Å². The summed E-state index contributed by atoms with van der Waals surface area (Å²) >= 11 is 0. The number of hydrogen-bond acceptors (Lipinski definition) is 1. The van der Waals surface area contributed by atoms with E-state index in [0.29, 0.717) is 12.2 Å². The van der Waals surface area contributed by atoms with Crippen molar-refractivity contribution in [1.82, 2.24) is 0 Å². The first-order valence-electron chi connectivity index (χ1n) is 9.43. The summed E-state index contributed by atoms with van der Waals surface area (Å²) in [6.07, 6.45) is 11.6. The fourth-order valence-corrected chi connectivity index (χ4v) is 7.81. The summed E-state index contributed by atoms with van der Waals surface area (Å²) in [4.78, 5) is 0. The number of fused-ring (bicyclic) bond motifs is 12. The molecular formula is C19H30O. The van der Waals surface area contributed by atoms with Crippen LogP contribution in [-0.4, -0.2) is 12.2 Å². The van der Waals surface area contributed by atoms with Crippen LogP contribution < -0.4 is 0 Å². The summed E-state index contributed by atoms with van der Waals surface area (Å²) in [7, 11) is 0. The summed E-state index contributed by atoms with van der Waals surface area (Å²) in [5, 5.41) is 0. The maximum absolute atomic E-state index is 6.42. The molecule has 0 aromatic heterocycles. The van der Waals surface area contributed by atoms with Crippen LogP contribution >= 0.6 is 0 Å². The number of rotatable bonds is 3. The fraction of sp³-hybridized carbons (Fsp3) is 1.00. The van der Waals surface area contributed by atoms with Gasteiger partial charge in [-0.05, 0) is 92.8 Å². The smallest absolute Gasteiger partial charge is 0.0612 e. The molecule has 4 bridgehead atoms. The van der Waals surface area contributed by atoms with Crippen molar-refractivity contribution in [3.63, 3.8) is 0 Å². The van der Waals surface area contributed by atoms with E-state index < -0.39 is 0 Å². The second-order valence-electron chi connectivity index (χ2n) is 8.77. The Morgan fingerprint density at radius 3 is 2.40 bits per heavy atom. The lowest BCUT2D eigenvalue weighted by atomic mass is 9.64. The summed E-state index contributed by atoms with van der Waals surface area (Å²) in [5.74, 6) is 8.81. The SMILES string of the molecule is CCC(C)OC1CC2CC1C1C3CC(C4CCCC43)C21. The minimum absolute atomic E-state index is 0.482.